The first-order chi connectivity index (χ1) is 7.72. The summed E-state index contributed by atoms with van der Waals surface area (Å²) < 4.78 is 1.35. The van der Waals surface area contributed by atoms with Crippen LogP contribution in [0.4, 0.5) is 0 Å². The Kier molecular flexibility index (Phi) is 3.62. The average molecular weight is 234 g/mol. The molecular weight excluding hydrogens is 216 g/mol. The summed E-state index contributed by atoms with van der Waals surface area (Å²) in [6.07, 6.45) is 1.80. The molecule has 2 aromatic rings. The fourth-order valence-electron chi connectivity index (χ4n) is 2.13. The first kappa shape index (κ1) is 11.6. The number of benzene rings is 1. The second-order valence-corrected chi connectivity index (χ2v) is 5.28. The van der Waals surface area contributed by atoms with Crippen molar-refractivity contribution in [2.24, 2.45) is 5.92 Å². The third kappa shape index (κ3) is 2.28. The van der Waals surface area contributed by atoms with Gasteiger partial charge in [0.2, 0.25) is 0 Å². The number of aliphatic hydroxyl groups excluding tert-OH is 1. The van der Waals surface area contributed by atoms with E-state index in [2.05, 4.69) is 36.6 Å². The monoisotopic (exact) mass is 234 g/mol. The Labute approximate surface area is 101 Å². The van der Waals surface area contributed by atoms with Crippen molar-refractivity contribution in [3.63, 3.8) is 0 Å². The first-order valence-corrected chi connectivity index (χ1v) is 6.73. The predicted molar refractivity (Wildman–Crippen MR) is 71.0 cm³/mol. The first-order valence-electron chi connectivity index (χ1n) is 5.85. The lowest BCUT2D eigenvalue weighted by Gasteiger charge is -2.17. The maximum Gasteiger partial charge on any atom is 0.0543 e. The molecule has 1 N–H and O–H groups in total. The fourth-order valence-corrected chi connectivity index (χ4v) is 3.10. The zero-order valence-corrected chi connectivity index (χ0v) is 10.6. The van der Waals surface area contributed by atoms with Gasteiger partial charge in [-0.1, -0.05) is 31.5 Å². The molecule has 1 nitrogen and oxygen atoms in total. The summed E-state index contributed by atoms with van der Waals surface area (Å²) in [5.41, 5.74) is 1.38. The second kappa shape index (κ2) is 4.98. The summed E-state index contributed by atoms with van der Waals surface area (Å²) in [6, 6.07) is 8.50. The minimum absolute atomic E-state index is 0.219. The van der Waals surface area contributed by atoms with Crippen LogP contribution < -0.4 is 0 Å². The molecule has 0 aliphatic carbocycles. The van der Waals surface area contributed by atoms with E-state index in [1.807, 2.05) is 6.92 Å². The molecule has 86 valence electrons. The molecular formula is C14H18OS. The molecule has 0 spiro atoms. The number of aliphatic hydroxyl groups is 1. The Hall–Kier alpha value is -0.860. The molecule has 0 bridgehead atoms. The van der Waals surface area contributed by atoms with E-state index in [1.165, 1.54) is 15.6 Å². The molecule has 0 radical (unpaired) electrons. The third-order valence-corrected chi connectivity index (χ3v) is 4.26. The Bertz CT molecular complexity index is 458. The number of thiophene rings is 1. The molecule has 16 heavy (non-hydrogen) atoms. The van der Waals surface area contributed by atoms with Gasteiger partial charge in [0.25, 0.3) is 0 Å². The molecule has 2 unspecified atom stereocenters. The van der Waals surface area contributed by atoms with Crippen molar-refractivity contribution in [3.05, 3.63) is 35.2 Å². The number of fused-ring (bicyclic) bond motifs is 1. The molecule has 0 fully saturated rings. The summed E-state index contributed by atoms with van der Waals surface area (Å²) >= 11 is 1.80. The van der Waals surface area contributed by atoms with Crippen molar-refractivity contribution in [1.82, 2.24) is 0 Å². The van der Waals surface area contributed by atoms with E-state index in [0.717, 1.165) is 12.8 Å². The number of hydrogen-bond donors (Lipinski definition) is 1. The van der Waals surface area contributed by atoms with Gasteiger partial charge < -0.3 is 5.11 Å². The van der Waals surface area contributed by atoms with Crippen LogP contribution >= 0.6 is 11.3 Å². The van der Waals surface area contributed by atoms with E-state index in [0.29, 0.717) is 5.92 Å². The average Bonchev–Trinajstić information content (AvgIpc) is 2.69. The minimum Gasteiger partial charge on any atom is -0.393 e. The molecule has 1 aromatic carbocycles. The summed E-state index contributed by atoms with van der Waals surface area (Å²) in [5.74, 6) is 0.373. The maximum atomic E-state index is 9.69. The molecule has 0 saturated carbocycles. The molecule has 1 aromatic heterocycles. The van der Waals surface area contributed by atoms with Crippen molar-refractivity contribution >= 4 is 21.4 Å². The molecule has 2 atom stereocenters. The summed E-state index contributed by atoms with van der Waals surface area (Å²) in [4.78, 5) is 0. The molecule has 2 heteroatoms. The van der Waals surface area contributed by atoms with E-state index in [1.54, 1.807) is 11.3 Å². The van der Waals surface area contributed by atoms with Crippen LogP contribution in [-0.4, -0.2) is 11.2 Å². The smallest absolute Gasteiger partial charge is 0.0543 e. The molecule has 0 amide bonds. The number of rotatable bonds is 4. The number of hydrogen-bond acceptors (Lipinski definition) is 2. The van der Waals surface area contributed by atoms with Crippen molar-refractivity contribution in [1.29, 1.82) is 0 Å². The van der Waals surface area contributed by atoms with Gasteiger partial charge in [0.1, 0.15) is 0 Å². The van der Waals surface area contributed by atoms with Crippen LogP contribution in [0.25, 0.3) is 10.1 Å². The lowest BCUT2D eigenvalue weighted by Crippen LogP contribution is -2.18. The van der Waals surface area contributed by atoms with Gasteiger partial charge in [0, 0.05) is 4.70 Å². The van der Waals surface area contributed by atoms with Crippen LogP contribution in [0, 0.1) is 5.92 Å². The molecule has 0 aliphatic heterocycles. The van der Waals surface area contributed by atoms with Gasteiger partial charge in [0.05, 0.1) is 6.10 Å². The topological polar surface area (TPSA) is 20.2 Å². The van der Waals surface area contributed by atoms with Gasteiger partial charge in [-0.3, -0.25) is 0 Å². The lowest BCUT2D eigenvalue weighted by atomic mass is 9.92. The van der Waals surface area contributed by atoms with Crippen molar-refractivity contribution < 1.29 is 5.11 Å². The van der Waals surface area contributed by atoms with E-state index in [-0.39, 0.29) is 6.10 Å². The molecule has 0 saturated heterocycles. The molecule has 2 rings (SSSR count). The van der Waals surface area contributed by atoms with Crippen molar-refractivity contribution in [2.45, 2.75) is 32.8 Å². The highest BCUT2D eigenvalue weighted by atomic mass is 32.1. The highest BCUT2D eigenvalue weighted by Gasteiger charge is 2.15. The van der Waals surface area contributed by atoms with E-state index >= 15 is 0 Å². The Morgan fingerprint density at radius 2 is 2.06 bits per heavy atom. The predicted octanol–water partition coefficient (Wildman–Crippen LogP) is 3.85. The van der Waals surface area contributed by atoms with Crippen molar-refractivity contribution in [3.8, 4) is 0 Å². The standard InChI is InChI=1S/C14H18OS/c1-3-11(10(2)15)8-12-9-16-14-7-5-4-6-13(12)14/h4-7,9-11,15H,3,8H2,1-2H3. The van der Waals surface area contributed by atoms with Gasteiger partial charge in [0.15, 0.2) is 0 Å². The van der Waals surface area contributed by atoms with Crippen LogP contribution in [0.5, 0.6) is 0 Å². The van der Waals surface area contributed by atoms with Gasteiger partial charge >= 0.3 is 0 Å². The van der Waals surface area contributed by atoms with Crippen LogP contribution in [0.3, 0.4) is 0 Å². The van der Waals surface area contributed by atoms with Crippen LogP contribution in [-0.2, 0) is 6.42 Å². The molecule has 1 heterocycles. The SMILES string of the molecule is CCC(Cc1csc2ccccc12)C(C)O. The normalized spacial score (nSPS) is 15.2. The van der Waals surface area contributed by atoms with Crippen LogP contribution in [0.1, 0.15) is 25.8 Å². The highest BCUT2D eigenvalue weighted by Crippen LogP contribution is 2.28. The van der Waals surface area contributed by atoms with E-state index in [9.17, 15) is 5.11 Å². The summed E-state index contributed by atoms with van der Waals surface area (Å²) in [7, 11) is 0. The highest BCUT2D eigenvalue weighted by molar-refractivity contribution is 7.17. The van der Waals surface area contributed by atoms with Gasteiger partial charge in [-0.25, -0.2) is 0 Å². The zero-order chi connectivity index (χ0) is 11.5. The third-order valence-electron chi connectivity index (χ3n) is 3.25. The molecule has 0 aliphatic rings. The van der Waals surface area contributed by atoms with E-state index in [4.69, 9.17) is 0 Å². The Morgan fingerprint density at radius 3 is 2.75 bits per heavy atom. The summed E-state index contributed by atoms with van der Waals surface area (Å²) in [5, 5.41) is 13.3. The van der Waals surface area contributed by atoms with Gasteiger partial charge in [-0.2, -0.15) is 0 Å². The van der Waals surface area contributed by atoms with Gasteiger partial charge in [-0.15, -0.1) is 11.3 Å². The quantitative estimate of drug-likeness (QED) is 0.852. The zero-order valence-electron chi connectivity index (χ0n) is 9.81. The van der Waals surface area contributed by atoms with Crippen molar-refractivity contribution in [2.75, 3.05) is 0 Å². The largest absolute Gasteiger partial charge is 0.393 e. The second-order valence-electron chi connectivity index (χ2n) is 4.37. The maximum absolute atomic E-state index is 9.69. The van der Waals surface area contributed by atoms with Crippen LogP contribution in [0.2, 0.25) is 0 Å². The van der Waals surface area contributed by atoms with Gasteiger partial charge in [-0.05, 0) is 41.7 Å². The fraction of sp³-hybridized carbons (Fsp3) is 0.429. The van der Waals surface area contributed by atoms with Crippen LogP contribution in [0.15, 0.2) is 29.6 Å². The Morgan fingerprint density at radius 1 is 1.31 bits per heavy atom. The minimum atomic E-state index is -0.219. The Balaban J connectivity index is 2.27. The lowest BCUT2D eigenvalue weighted by molar-refractivity contribution is 0.123. The summed E-state index contributed by atoms with van der Waals surface area (Å²) in [6.45, 7) is 4.04. The van der Waals surface area contributed by atoms with E-state index < -0.39 is 0 Å².